The smallest absolute Gasteiger partial charge is 0.268 e. The average Bonchev–Trinajstić information content (AvgIpc) is 2.68. The van der Waals surface area contributed by atoms with Gasteiger partial charge in [-0.05, 0) is 31.0 Å². The van der Waals surface area contributed by atoms with E-state index in [9.17, 15) is 0 Å². The summed E-state index contributed by atoms with van der Waals surface area (Å²) in [5, 5.41) is 0. The fraction of sp³-hybridized carbons (Fsp3) is 1.00. The Morgan fingerprint density at radius 1 is 0.889 bits per heavy atom. The van der Waals surface area contributed by atoms with Gasteiger partial charge in [0.1, 0.15) is 0 Å². The zero-order valence-electron chi connectivity index (χ0n) is 13.2. The maximum absolute atomic E-state index is 3.82. The lowest BCUT2D eigenvalue weighted by Gasteiger charge is -2.40. The molecule has 0 amide bonds. The highest BCUT2D eigenvalue weighted by molar-refractivity contribution is 6.50. The zero-order valence-corrected chi connectivity index (χ0v) is 14.3. The fourth-order valence-corrected chi connectivity index (χ4v) is 6.00. The van der Waals surface area contributed by atoms with Crippen LogP contribution in [0.3, 0.4) is 0 Å². The van der Waals surface area contributed by atoms with Crippen LogP contribution in [-0.4, -0.2) is 38.0 Å². The molecule has 1 saturated carbocycles. The first-order chi connectivity index (χ1) is 8.41. The number of rotatable bonds is 7. The lowest BCUT2D eigenvalue weighted by Crippen LogP contribution is -2.67. The Hall–Kier alpha value is 0.0969. The van der Waals surface area contributed by atoms with E-state index >= 15 is 0 Å². The van der Waals surface area contributed by atoms with Crippen molar-refractivity contribution in [2.75, 3.05) is 0 Å². The molecule has 1 aliphatic carbocycles. The molecule has 1 fully saturated rings. The van der Waals surface area contributed by atoms with Crippen molar-refractivity contribution >= 4 is 9.28 Å². The summed E-state index contributed by atoms with van der Waals surface area (Å²) in [7, 11) is -1.24. The van der Waals surface area contributed by atoms with Gasteiger partial charge in [-0.25, -0.2) is 0 Å². The van der Waals surface area contributed by atoms with Gasteiger partial charge in [-0.2, -0.15) is 0 Å². The van der Waals surface area contributed by atoms with E-state index in [1.165, 1.54) is 25.7 Å². The van der Waals surface area contributed by atoms with E-state index in [-0.39, 0.29) is 0 Å². The third-order valence-corrected chi connectivity index (χ3v) is 7.20. The number of nitrogens with one attached hydrogen (secondary N) is 2. The summed E-state index contributed by atoms with van der Waals surface area (Å²) in [6.07, 6.45) is 5.61. The molecule has 0 aromatic heterocycles. The molecule has 0 heterocycles. The van der Waals surface area contributed by atoms with E-state index in [0.29, 0.717) is 18.1 Å². The van der Waals surface area contributed by atoms with Crippen LogP contribution < -0.4 is 9.96 Å². The van der Waals surface area contributed by atoms with Gasteiger partial charge in [0.15, 0.2) is 0 Å². The van der Waals surface area contributed by atoms with Crippen molar-refractivity contribution in [1.82, 2.24) is 14.5 Å². The normalized spacial score (nSPS) is 18.2. The van der Waals surface area contributed by atoms with Crippen LogP contribution in [0.1, 0.15) is 67.2 Å². The molecular formula is C14H33N3Si. The quantitative estimate of drug-likeness (QED) is 0.696. The van der Waals surface area contributed by atoms with Crippen molar-refractivity contribution < 1.29 is 0 Å². The van der Waals surface area contributed by atoms with Crippen LogP contribution in [0.2, 0.25) is 0 Å². The molecule has 2 N–H and O–H groups in total. The van der Waals surface area contributed by atoms with Crippen LogP contribution in [0.4, 0.5) is 0 Å². The molecule has 0 aliphatic heterocycles. The third-order valence-electron chi connectivity index (χ3n) is 3.62. The molecule has 108 valence electrons. The molecule has 3 nitrogen and oxygen atoms in total. The Balaban J connectivity index is 2.74. The van der Waals surface area contributed by atoms with Crippen molar-refractivity contribution in [1.29, 1.82) is 0 Å². The molecule has 0 atom stereocenters. The molecule has 4 heteroatoms. The molecule has 0 radical (unpaired) electrons. The average molecular weight is 272 g/mol. The van der Waals surface area contributed by atoms with E-state index in [2.05, 4.69) is 56.1 Å². The highest BCUT2D eigenvalue weighted by atomic mass is 28.3. The van der Waals surface area contributed by atoms with Gasteiger partial charge >= 0.3 is 0 Å². The van der Waals surface area contributed by atoms with Crippen molar-refractivity contribution in [2.24, 2.45) is 0 Å². The Labute approximate surface area is 116 Å². The van der Waals surface area contributed by atoms with Gasteiger partial charge in [-0.15, -0.1) is 0 Å². The molecule has 0 unspecified atom stereocenters. The van der Waals surface area contributed by atoms with Gasteiger partial charge in [0, 0.05) is 6.04 Å². The van der Waals surface area contributed by atoms with Gasteiger partial charge in [-0.1, -0.05) is 54.4 Å². The van der Waals surface area contributed by atoms with Crippen molar-refractivity contribution in [2.45, 2.75) is 91.4 Å². The summed E-state index contributed by atoms with van der Waals surface area (Å²) < 4.78 is 2.78. The molecule has 0 aromatic carbocycles. The number of hydrogen-bond donors (Lipinski definition) is 2. The largest absolute Gasteiger partial charge is 0.313 e. The van der Waals surface area contributed by atoms with E-state index in [4.69, 9.17) is 0 Å². The minimum atomic E-state index is -1.24. The third kappa shape index (κ3) is 5.00. The van der Waals surface area contributed by atoms with E-state index < -0.39 is 9.28 Å². The van der Waals surface area contributed by atoms with Crippen LogP contribution in [0, 0.1) is 0 Å². The number of nitrogens with zero attached hydrogens (tertiary/aromatic N) is 1. The monoisotopic (exact) mass is 271 g/mol. The molecule has 0 saturated heterocycles. The summed E-state index contributed by atoms with van der Waals surface area (Å²) >= 11 is 0. The maximum atomic E-state index is 3.82. The van der Waals surface area contributed by atoms with E-state index in [0.717, 1.165) is 6.04 Å². The Morgan fingerprint density at radius 3 is 1.67 bits per heavy atom. The molecule has 1 rings (SSSR count). The molecule has 18 heavy (non-hydrogen) atoms. The summed E-state index contributed by atoms with van der Waals surface area (Å²) in [5.74, 6) is 0. The Kier molecular flexibility index (Phi) is 6.85. The fourth-order valence-electron chi connectivity index (χ4n) is 2.98. The summed E-state index contributed by atoms with van der Waals surface area (Å²) in [6.45, 7) is 13.7. The summed E-state index contributed by atoms with van der Waals surface area (Å²) in [4.78, 5) is 7.65. The predicted molar refractivity (Wildman–Crippen MR) is 82.9 cm³/mol. The van der Waals surface area contributed by atoms with Crippen LogP contribution in [0.25, 0.3) is 0 Å². The van der Waals surface area contributed by atoms with E-state index in [1.54, 1.807) is 0 Å². The lowest BCUT2D eigenvalue weighted by molar-refractivity contribution is 0.260. The molecule has 0 spiro atoms. The molecular weight excluding hydrogens is 238 g/mol. The van der Waals surface area contributed by atoms with E-state index in [1.807, 2.05) is 0 Å². The first kappa shape index (κ1) is 16.2. The van der Waals surface area contributed by atoms with Crippen LogP contribution in [-0.2, 0) is 0 Å². The molecule has 0 bridgehead atoms. The van der Waals surface area contributed by atoms with Gasteiger partial charge in [0.25, 0.3) is 9.28 Å². The Bertz CT molecular complexity index is 215. The van der Waals surface area contributed by atoms with Crippen molar-refractivity contribution in [3.05, 3.63) is 0 Å². The lowest BCUT2D eigenvalue weighted by atomic mass is 10.2. The highest BCUT2D eigenvalue weighted by Gasteiger charge is 2.32. The highest BCUT2D eigenvalue weighted by Crippen LogP contribution is 2.25. The first-order valence-electron chi connectivity index (χ1n) is 7.71. The minimum absolute atomic E-state index is 0.565. The van der Waals surface area contributed by atoms with Crippen LogP contribution >= 0.6 is 0 Å². The molecule has 1 aliphatic rings. The van der Waals surface area contributed by atoms with Crippen LogP contribution in [0.5, 0.6) is 0 Å². The van der Waals surface area contributed by atoms with Crippen molar-refractivity contribution in [3.8, 4) is 0 Å². The zero-order chi connectivity index (χ0) is 13.7. The topological polar surface area (TPSA) is 27.3 Å². The standard InChI is InChI=1S/C14H33N3Si/c1-11(2)15-18(16-12(3)4)17(13(5)6)14-9-7-8-10-14/h11-16,18H,7-10H2,1-6H3. The maximum Gasteiger partial charge on any atom is 0.268 e. The Morgan fingerprint density at radius 2 is 1.33 bits per heavy atom. The summed E-state index contributed by atoms with van der Waals surface area (Å²) in [6, 6.07) is 2.58. The van der Waals surface area contributed by atoms with Crippen LogP contribution in [0.15, 0.2) is 0 Å². The van der Waals surface area contributed by atoms with Gasteiger partial charge < -0.3 is 9.96 Å². The van der Waals surface area contributed by atoms with Gasteiger partial charge in [0.2, 0.25) is 0 Å². The van der Waals surface area contributed by atoms with Crippen molar-refractivity contribution in [3.63, 3.8) is 0 Å². The SMILES string of the molecule is CC(C)N[SiH](NC(C)C)N(C(C)C)C1CCCC1. The molecule has 0 aromatic rings. The summed E-state index contributed by atoms with van der Waals surface area (Å²) in [5.41, 5.74) is 0. The van der Waals surface area contributed by atoms with Gasteiger partial charge in [0.05, 0.1) is 0 Å². The second-order valence-electron chi connectivity index (χ2n) is 6.52. The number of hydrogen-bond acceptors (Lipinski definition) is 3. The minimum Gasteiger partial charge on any atom is -0.313 e. The van der Waals surface area contributed by atoms with Gasteiger partial charge in [-0.3, -0.25) is 4.57 Å². The second kappa shape index (κ2) is 7.63. The second-order valence-corrected chi connectivity index (χ2v) is 8.59. The predicted octanol–water partition coefficient (Wildman–Crippen LogP) is 2.35. The first-order valence-corrected chi connectivity index (χ1v) is 9.38.